The number of carbonyl (C=O) groups excluding carboxylic acids is 1. The highest BCUT2D eigenvalue weighted by atomic mass is 35.5. The number of halogens is 4. The first kappa shape index (κ1) is 13.6. The van der Waals surface area contributed by atoms with Gasteiger partial charge in [0.15, 0.2) is 0 Å². The zero-order valence-corrected chi connectivity index (χ0v) is 9.65. The van der Waals surface area contributed by atoms with Crippen molar-refractivity contribution in [2.75, 3.05) is 19.0 Å². The molecule has 16 heavy (non-hydrogen) atoms. The second-order valence-corrected chi connectivity index (χ2v) is 4.50. The van der Waals surface area contributed by atoms with Crippen molar-refractivity contribution in [1.82, 2.24) is 4.90 Å². The van der Waals surface area contributed by atoms with E-state index in [0.29, 0.717) is 0 Å². The molecule has 0 heterocycles. The Hall–Kier alpha value is -0.450. The fourth-order valence-corrected chi connectivity index (χ4v) is 1.89. The molecule has 0 aromatic heterocycles. The van der Waals surface area contributed by atoms with Gasteiger partial charge in [0.05, 0.1) is 0 Å². The Morgan fingerprint density at radius 3 is 2.38 bits per heavy atom. The van der Waals surface area contributed by atoms with Crippen LogP contribution in [0.1, 0.15) is 25.7 Å². The van der Waals surface area contributed by atoms with Crippen LogP contribution in [0.25, 0.3) is 0 Å². The minimum absolute atomic E-state index is 0.0342. The number of hydrogen-bond donors (Lipinski definition) is 0. The SMILES string of the molecule is O=C(CC1CCC1)N(CCCl)CC(F)(F)F. The number of amides is 1. The average Bonchev–Trinajstić information content (AvgIpc) is 2.08. The monoisotopic (exact) mass is 257 g/mol. The molecule has 0 radical (unpaired) electrons. The van der Waals surface area contributed by atoms with Gasteiger partial charge in [0.25, 0.3) is 0 Å². The molecule has 0 aromatic carbocycles. The molecule has 0 aliphatic heterocycles. The maximum absolute atomic E-state index is 12.2. The van der Waals surface area contributed by atoms with Crippen LogP contribution in [0.5, 0.6) is 0 Å². The number of rotatable bonds is 5. The minimum atomic E-state index is -4.35. The van der Waals surface area contributed by atoms with E-state index in [2.05, 4.69) is 0 Å². The van der Waals surface area contributed by atoms with E-state index in [1.807, 2.05) is 0 Å². The number of alkyl halides is 4. The Morgan fingerprint density at radius 1 is 1.38 bits per heavy atom. The quantitative estimate of drug-likeness (QED) is 0.694. The normalized spacial score (nSPS) is 17.0. The number of nitrogens with zero attached hydrogens (tertiary/aromatic N) is 1. The molecular weight excluding hydrogens is 243 g/mol. The first-order chi connectivity index (χ1) is 7.42. The Kier molecular flexibility index (Phi) is 4.89. The van der Waals surface area contributed by atoms with Crippen LogP contribution in [0.2, 0.25) is 0 Å². The Bertz CT molecular complexity index is 241. The number of carbonyl (C=O) groups is 1. The van der Waals surface area contributed by atoms with Gasteiger partial charge in [-0.25, -0.2) is 0 Å². The summed E-state index contributed by atoms with van der Waals surface area (Å²) in [7, 11) is 0. The molecule has 0 N–H and O–H groups in total. The van der Waals surface area contributed by atoms with Crippen LogP contribution >= 0.6 is 11.6 Å². The van der Waals surface area contributed by atoms with E-state index in [9.17, 15) is 18.0 Å². The Labute approximate surface area is 97.7 Å². The molecule has 0 spiro atoms. The van der Waals surface area contributed by atoms with Gasteiger partial charge < -0.3 is 4.90 Å². The summed E-state index contributed by atoms with van der Waals surface area (Å²) in [5.74, 6) is -0.117. The highest BCUT2D eigenvalue weighted by Crippen LogP contribution is 2.30. The molecule has 1 aliphatic rings. The molecule has 0 bridgehead atoms. The molecule has 0 atom stereocenters. The van der Waals surface area contributed by atoms with Gasteiger partial charge in [-0.05, 0) is 18.8 Å². The van der Waals surface area contributed by atoms with E-state index < -0.39 is 18.6 Å². The van der Waals surface area contributed by atoms with Crippen LogP contribution in [-0.4, -0.2) is 36.0 Å². The lowest BCUT2D eigenvalue weighted by Crippen LogP contribution is -2.41. The molecule has 2 nitrogen and oxygen atoms in total. The summed E-state index contributed by atoms with van der Waals surface area (Å²) in [6, 6.07) is 0. The third-order valence-electron chi connectivity index (χ3n) is 2.77. The summed E-state index contributed by atoms with van der Waals surface area (Å²) in [5, 5.41) is 0. The molecule has 0 unspecified atom stereocenters. The van der Waals surface area contributed by atoms with Gasteiger partial charge in [-0.2, -0.15) is 13.2 Å². The van der Waals surface area contributed by atoms with Crippen molar-refractivity contribution in [1.29, 1.82) is 0 Å². The highest BCUT2D eigenvalue weighted by Gasteiger charge is 2.33. The molecule has 6 heteroatoms. The van der Waals surface area contributed by atoms with Crippen molar-refractivity contribution in [2.45, 2.75) is 31.9 Å². The zero-order valence-electron chi connectivity index (χ0n) is 8.89. The molecule has 0 saturated heterocycles. The van der Waals surface area contributed by atoms with Crippen molar-refractivity contribution in [3.05, 3.63) is 0 Å². The minimum Gasteiger partial charge on any atom is -0.332 e. The molecule has 1 aliphatic carbocycles. The molecule has 0 aromatic rings. The van der Waals surface area contributed by atoms with E-state index in [0.717, 1.165) is 24.2 Å². The van der Waals surface area contributed by atoms with Gasteiger partial charge in [-0.3, -0.25) is 4.79 Å². The standard InChI is InChI=1S/C10H15ClF3NO/c11-4-5-15(7-10(12,13)14)9(16)6-8-2-1-3-8/h8H,1-7H2. The average molecular weight is 258 g/mol. The predicted octanol–water partition coefficient (Wildman–Crippen LogP) is 2.81. The van der Waals surface area contributed by atoms with E-state index in [-0.39, 0.29) is 24.8 Å². The van der Waals surface area contributed by atoms with Gasteiger partial charge in [0.1, 0.15) is 6.54 Å². The number of hydrogen-bond acceptors (Lipinski definition) is 1. The molecule has 1 saturated carbocycles. The predicted molar refractivity (Wildman–Crippen MR) is 55.3 cm³/mol. The zero-order chi connectivity index (χ0) is 12.2. The summed E-state index contributed by atoms with van der Waals surface area (Å²) >= 11 is 5.39. The van der Waals surface area contributed by atoms with Crippen molar-refractivity contribution in [3.8, 4) is 0 Å². The van der Waals surface area contributed by atoms with Gasteiger partial charge in [0, 0.05) is 18.8 Å². The van der Waals surface area contributed by atoms with Gasteiger partial charge in [-0.1, -0.05) is 6.42 Å². The van der Waals surface area contributed by atoms with Crippen LogP contribution in [0.4, 0.5) is 13.2 Å². The molecule has 94 valence electrons. The van der Waals surface area contributed by atoms with E-state index in [1.165, 1.54) is 0 Å². The largest absolute Gasteiger partial charge is 0.406 e. The Morgan fingerprint density at radius 2 is 2.00 bits per heavy atom. The topological polar surface area (TPSA) is 20.3 Å². The fraction of sp³-hybridized carbons (Fsp3) is 0.900. The van der Waals surface area contributed by atoms with Crippen LogP contribution in [-0.2, 0) is 4.79 Å². The van der Waals surface area contributed by atoms with Crippen LogP contribution < -0.4 is 0 Å². The molecule has 1 fully saturated rings. The molecular formula is C10H15ClF3NO. The first-order valence-electron chi connectivity index (χ1n) is 5.33. The van der Waals surface area contributed by atoms with Gasteiger partial charge in [0.2, 0.25) is 5.91 Å². The summed E-state index contributed by atoms with van der Waals surface area (Å²) in [6.45, 7) is -1.22. The third kappa shape index (κ3) is 4.60. The lowest BCUT2D eigenvalue weighted by molar-refractivity contribution is -0.161. The van der Waals surface area contributed by atoms with Crippen molar-refractivity contribution < 1.29 is 18.0 Å². The molecule has 1 amide bonds. The van der Waals surface area contributed by atoms with Gasteiger partial charge >= 0.3 is 6.18 Å². The van der Waals surface area contributed by atoms with Crippen LogP contribution in [0, 0.1) is 5.92 Å². The van der Waals surface area contributed by atoms with E-state index in [4.69, 9.17) is 11.6 Å². The third-order valence-corrected chi connectivity index (χ3v) is 2.93. The smallest absolute Gasteiger partial charge is 0.332 e. The fourth-order valence-electron chi connectivity index (χ4n) is 1.68. The van der Waals surface area contributed by atoms with Crippen LogP contribution in [0.3, 0.4) is 0 Å². The Balaban J connectivity index is 2.43. The first-order valence-corrected chi connectivity index (χ1v) is 5.86. The van der Waals surface area contributed by atoms with Crippen molar-refractivity contribution in [2.24, 2.45) is 5.92 Å². The second kappa shape index (κ2) is 5.75. The van der Waals surface area contributed by atoms with Crippen molar-refractivity contribution in [3.63, 3.8) is 0 Å². The van der Waals surface area contributed by atoms with Crippen molar-refractivity contribution >= 4 is 17.5 Å². The summed E-state index contributed by atoms with van der Waals surface area (Å²) in [4.78, 5) is 12.4. The summed E-state index contributed by atoms with van der Waals surface area (Å²) < 4.78 is 36.6. The van der Waals surface area contributed by atoms with E-state index in [1.54, 1.807) is 0 Å². The van der Waals surface area contributed by atoms with Crippen LogP contribution in [0.15, 0.2) is 0 Å². The lowest BCUT2D eigenvalue weighted by atomic mass is 9.82. The second-order valence-electron chi connectivity index (χ2n) is 4.12. The summed E-state index contributed by atoms with van der Waals surface area (Å²) in [5.41, 5.74) is 0. The van der Waals surface area contributed by atoms with Gasteiger partial charge in [-0.15, -0.1) is 11.6 Å². The van der Waals surface area contributed by atoms with E-state index >= 15 is 0 Å². The highest BCUT2D eigenvalue weighted by molar-refractivity contribution is 6.18. The maximum atomic E-state index is 12.2. The maximum Gasteiger partial charge on any atom is 0.406 e. The molecule has 1 rings (SSSR count). The summed E-state index contributed by atoms with van der Waals surface area (Å²) in [6.07, 6.45) is -1.14. The lowest BCUT2D eigenvalue weighted by Gasteiger charge is -2.29.